The number of hydrogen-bond acceptors (Lipinski definition) is 7. The molecular formula is C17H21ClN4O3S. The van der Waals surface area contributed by atoms with Gasteiger partial charge in [-0.05, 0) is 37.6 Å². The van der Waals surface area contributed by atoms with Gasteiger partial charge in [-0.3, -0.25) is 0 Å². The summed E-state index contributed by atoms with van der Waals surface area (Å²) in [4.78, 5) is 10.8. The van der Waals surface area contributed by atoms with Crippen molar-refractivity contribution in [2.24, 2.45) is 0 Å². The van der Waals surface area contributed by atoms with E-state index in [1.165, 1.54) is 0 Å². The van der Waals surface area contributed by atoms with E-state index in [4.69, 9.17) is 16.3 Å². The van der Waals surface area contributed by atoms with Crippen molar-refractivity contribution >= 4 is 38.9 Å². The van der Waals surface area contributed by atoms with Gasteiger partial charge in [0.2, 0.25) is 5.95 Å². The van der Waals surface area contributed by atoms with Crippen molar-refractivity contribution in [3.05, 3.63) is 35.5 Å². The number of aromatic nitrogens is 2. The highest BCUT2D eigenvalue weighted by Crippen LogP contribution is 2.30. The second kappa shape index (κ2) is 7.67. The molecule has 1 aromatic heterocycles. The Bertz CT molecular complexity index is 891. The Morgan fingerprint density at radius 2 is 2.19 bits per heavy atom. The lowest BCUT2D eigenvalue weighted by Gasteiger charge is -2.28. The number of halogens is 1. The first-order valence-electron chi connectivity index (χ1n) is 8.32. The fraction of sp³-hybridized carbons (Fsp3) is 0.412. The number of hydrogen-bond donors (Lipinski definition) is 1. The van der Waals surface area contributed by atoms with Crippen molar-refractivity contribution in [2.75, 3.05) is 35.4 Å². The molecule has 9 heteroatoms. The van der Waals surface area contributed by atoms with Crippen LogP contribution in [0.2, 0.25) is 5.02 Å². The number of nitrogens with zero attached hydrogens (tertiary/aromatic N) is 3. The Morgan fingerprint density at radius 3 is 2.85 bits per heavy atom. The van der Waals surface area contributed by atoms with Gasteiger partial charge in [0.1, 0.15) is 11.6 Å². The van der Waals surface area contributed by atoms with Crippen molar-refractivity contribution in [3.8, 4) is 5.75 Å². The Balaban J connectivity index is 1.85. The summed E-state index contributed by atoms with van der Waals surface area (Å²) in [5.74, 6) is 2.09. The van der Waals surface area contributed by atoms with Crippen molar-refractivity contribution in [1.29, 1.82) is 0 Å². The van der Waals surface area contributed by atoms with Crippen molar-refractivity contribution in [2.45, 2.75) is 19.4 Å². The van der Waals surface area contributed by atoms with Gasteiger partial charge in [0.15, 0.2) is 9.84 Å². The van der Waals surface area contributed by atoms with Crippen LogP contribution in [-0.2, 0) is 9.84 Å². The topological polar surface area (TPSA) is 84.4 Å². The molecule has 7 nitrogen and oxygen atoms in total. The summed E-state index contributed by atoms with van der Waals surface area (Å²) in [6.45, 7) is 2.65. The average molecular weight is 397 g/mol. The minimum Gasteiger partial charge on any atom is -0.495 e. The summed E-state index contributed by atoms with van der Waals surface area (Å²) in [5.41, 5.74) is 0.656. The summed E-state index contributed by atoms with van der Waals surface area (Å²) in [6, 6.07) is 6.96. The molecule has 1 saturated heterocycles. The van der Waals surface area contributed by atoms with E-state index in [2.05, 4.69) is 15.3 Å². The zero-order chi connectivity index (χ0) is 18.7. The third-order valence-electron chi connectivity index (χ3n) is 4.33. The molecular weight excluding hydrogens is 376 g/mol. The van der Waals surface area contributed by atoms with Crippen LogP contribution in [0.4, 0.5) is 17.5 Å². The molecule has 1 atom stereocenters. The van der Waals surface area contributed by atoms with E-state index in [0.717, 1.165) is 0 Å². The van der Waals surface area contributed by atoms with E-state index in [0.29, 0.717) is 41.2 Å². The monoisotopic (exact) mass is 396 g/mol. The Morgan fingerprint density at radius 1 is 1.38 bits per heavy atom. The van der Waals surface area contributed by atoms with Gasteiger partial charge in [0.25, 0.3) is 0 Å². The van der Waals surface area contributed by atoms with E-state index in [9.17, 15) is 8.42 Å². The third kappa shape index (κ3) is 4.19. The van der Waals surface area contributed by atoms with E-state index >= 15 is 0 Å². The Kier molecular flexibility index (Phi) is 5.52. The van der Waals surface area contributed by atoms with E-state index < -0.39 is 9.84 Å². The zero-order valence-corrected chi connectivity index (χ0v) is 16.2. The lowest BCUT2D eigenvalue weighted by atomic mass is 10.2. The van der Waals surface area contributed by atoms with Crippen molar-refractivity contribution in [3.63, 3.8) is 0 Å². The maximum atomic E-state index is 11.8. The maximum Gasteiger partial charge on any atom is 0.229 e. The van der Waals surface area contributed by atoms with Crippen LogP contribution < -0.4 is 15.0 Å². The van der Waals surface area contributed by atoms with Gasteiger partial charge in [-0.1, -0.05) is 11.6 Å². The van der Waals surface area contributed by atoms with Crippen molar-refractivity contribution in [1.82, 2.24) is 9.97 Å². The highest BCUT2D eigenvalue weighted by Gasteiger charge is 2.32. The smallest absolute Gasteiger partial charge is 0.229 e. The quantitative estimate of drug-likeness (QED) is 0.803. The molecule has 0 radical (unpaired) electrons. The Hall–Kier alpha value is -2.06. The number of anilines is 3. The molecule has 0 bridgehead atoms. The molecule has 3 rings (SSSR count). The van der Waals surface area contributed by atoms with Crippen LogP contribution >= 0.6 is 11.6 Å². The van der Waals surface area contributed by atoms with Gasteiger partial charge in [0.05, 0.1) is 24.3 Å². The van der Waals surface area contributed by atoms with Crippen molar-refractivity contribution < 1.29 is 13.2 Å². The fourth-order valence-corrected chi connectivity index (χ4v) is 5.00. The number of methoxy groups -OCH3 is 1. The molecule has 0 amide bonds. The molecule has 1 N–H and O–H groups in total. The molecule has 0 aliphatic carbocycles. The first-order chi connectivity index (χ1) is 12.4. The molecule has 1 aliphatic rings. The van der Waals surface area contributed by atoms with E-state index in [1.807, 2.05) is 11.8 Å². The molecule has 0 spiro atoms. The molecule has 26 heavy (non-hydrogen) atoms. The minimum atomic E-state index is -2.96. The predicted molar refractivity (Wildman–Crippen MR) is 103 cm³/mol. The number of ether oxygens (including phenoxy) is 1. The molecule has 140 valence electrons. The van der Waals surface area contributed by atoms with Crippen LogP contribution in [0, 0.1) is 0 Å². The molecule has 1 fully saturated rings. The third-order valence-corrected chi connectivity index (χ3v) is 6.32. The fourth-order valence-electron chi connectivity index (χ4n) is 3.10. The zero-order valence-electron chi connectivity index (χ0n) is 14.6. The number of rotatable bonds is 6. The number of nitrogens with one attached hydrogen (secondary N) is 1. The molecule has 2 heterocycles. The number of sulfone groups is 1. The molecule has 1 aromatic carbocycles. The molecule has 0 saturated carbocycles. The Labute approximate surface area is 158 Å². The molecule has 1 unspecified atom stereocenters. The normalized spacial score (nSPS) is 18.5. The van der Waals surface area contributed by atoms with E-state index in [1.54, 1.807) is 37.6 Å². The van der Waals surface area contributed by atoms with Crippen LogP contribution in [0.5, 0.6) is 5.75 Å². The largest absolute Gasteiger partial charge is 0.495 e. The van der Waals surface area contributed by atoms with Crippen LogP contribution in [0.15, 0.2) is 30.5 Å². The minimum absolute atomic E-state index is 0.0616. The number of benzene rings is 1. The highest BCUT2D eigenvalue weighted by molar-refractivity contribution is 7.91. The summed E-state index contributed by atoms with van der Waals surface area (Å²) >= 11 is 6.06. The average Bonchev–Trinajstić information content (AvgIpc) is 2.96. The molecule has 2 aromatic rings. The second-order valence-electron chi connectivity index (χ2n) is 6.05. The van der Waals surface area contributed by atoms with Crippen LogP contribution in [-0.4, -0.2) is 49.6 Å². The second-order valence-corrected chi connectivity index (χ2v) is 8.72. The van der Waals surface area contributed by atoms with Gasteiger partial charge in [-0.25, -0.2) is 13.4 Å². The first kappa shape index (κ1) is 18.7. The van der Waals surface area contributed by atoms with Gasteiger partial charge in [-0.15, -0.1) is 0 Å². The molecule has 1 aliphatic heterocycles. The summed E-state index contributed by atoms with van der Waals surface area (Å²) in [7, 11) is -1.39. The van der Waals surface area contributed by atoms with Gasteiger partial charge >= 0.3 is 0 Å². The highest BCUT2D eigenvalue weighted by atomic mass is 35.5. The van der Waals surface area contributed by atoms with Crippen LogP contribution in [0.1, 0.15) is 13.3 Å². The van der Waals surface area contributed by atoms with Gasteiger partial charge < -0.3 is 15.0 Å². The van der Waals surface area contributed by atoms with Crippen LogP contribution in [0.25, 0.3) is 0 Å². The summed E-state index contributed by atoms with van der Waals surface area (Å²) < 4.78 is 28.9. The summed E-state index contributed by atoms with van der Waals surface area (Å²) in [5, 5.41) is 3.68. The summed E-state index contributed by atoms with van der Waals surface area (Å²) in [6.07, 6.45) is 2.26. The predicted octanol–water partition coefficient (Wildman–Crippen LogP) is 2.90. The SMILES string of the molecule is CCN(c1ccnc(Nc2cc(Cl)ccc2OC)n1)C1CCS(=O)(=O)C1. The van der Waals surface area contributed by atoms with Gasteiger partial charge in [0, 0.05) is 23.8 Å². The standard InChI is InChI=1S/C17H21ClN4O3S/c1-3-22(13-7-9-26(23,24)11-13)16-6-8-19-17(21-16)20-14-10-12(18)4-5-15(14)25-2/h4-6,8,10,13H,3,7,9,11H2,1-2H3,(H,19,20,21). The first-order valence-corrected chi connectivity index (χ1v) is 10.5. The maximum absolute atomic E-state index is 11.8. The lowest BCUT2D eigenvalue weighted by molar-refractivity contribution is 0.417. The van der Waals surface area contributed by atoms with Gasteiger partial charge in [-0.2, -0.15) is 4.98 Å². The van der Waals surface area contributed by atoms with Crippen LogP contribution in [0.3, 0.4) is 0 Å². The van der Waals surface area contributed by atoms with E-state index in [-0.39, 0.29) is 17.5 Å². The lowest BCUT2D eigenvalue weighted by Crippen LogP contribution is -2.36.